The summed E-state index contributed by atoms with van der Waals surface area (Å²) in [4.78, 5) is 0. The zero-order chi connectivity index (χ0) is 11.4. The third-order valence-corrected chi connectivity index (χ3v) is 1.71. The lowest BCUT2D eigenvalue weighted by atomic mass is 10.1. The highest BCUT2D eigenvalue weighted by Gasteiger charge is 2.09. The summed E-state index contributed by atoms with van der Waals surface area (Å²) in [5.41, 5.74) is 2.78. The number of hydrogen-bond donors (Lipinski definition) is 1. The molecule has 1 aliphatic heterocycles. The summed E-state index contributed by atoms with van der Waals surface area (Å²) in [6, 6.07) is 0. The molecule has 1 nitrogen and oxygen atoms in total. The van der Waals surface area contributed by atoms with E-state index in [-0.39, 0.29) is 0 Å². The molecule has 0 spiro atoms. The minimum Gasteiger partial charge on any atom is -0.309 e. The maximum Gasteiger partial charge on any atom is 0.0211 e. The molecule has 0 aliphatic carbocycles. The molecule has 14 heavy (non-hydrogen) atoms. The highest BCUT2D eigenvalue weighted by molar-refractivity contribution is 5.38. The van der Waals surface area contributed by atoms with Gasteiger partial charge in [-0.1, -0.05) is 52.5 Å². The summed E-state index contributed by atoms with van der Waals surface area (Å²) < 4.78 is 0. The molecule has 1 aliphatic rings. The number of allylic oxidation sites excluding steroid dienone is 3. The fourth-order valence-electron chi connectivity index (χ4n) is 1.15. The fourth-order valence-corrected chi connectivity index (χ4v) is 1.15. The second-order valence-electron chi connectivity index (χ2n) is 2.35. The van der Waals surface area contributed by atoms with Gasteiger partial charge in [0.25, 0.3) is 0 Å². The van der Waals surface area contributed by atoms with E-state index in [0.717, 1.165) is 13.1 Å². The van der Waals surface area contributed by atoms with E-state index in [9.17, 15) is 0 Å². The molecule has 82 valence electrons. The lowest BCUT2D eigenvalue weighted by Gasteiger charge is -1.93. The molecule has 1 fully saturated rings. The van der Waals surface area contributed by atoms with Crippen LogP contribution in [0.15, 0.2) is 36.0 Å². The van der Waals surface area contributed by atoms with Crippen molar-refractivity contribution in [1.82, 2.24) is 5.32 Å². The van der Waals surface area contributed by atoms with Crippen LogP contribution < -0.4 is 5.32 Å². The summed E-state index contributed by atoms with van der Waals surface area (Å²) >= 11 is 0. The Morgan fingerprint density at radius 1 is 1.07 bits per heavy atom. The average molecular weight is 195 g/mol. The van der Waals surface area contributed by atoms with Crippen LogP contribution in [0, 0.1) is 0 Å². The largest absolute Gasteiger partial charge is 0.309 e. The Morgan fingerprint density at radius 3 is 2.00 bits per heavy atom. The molecule has 0 atom stereocenters. The topological polar surface area (TPSA) is 12.0 Å². The van der Waals surface area contributed by atoms with Crippen LogP contribution in [0.1, 0.15) is 34.6 Å². The average Bonchev–Trinajstić information content (AvgIpc) is 2.72. The second kappa shape index (κ2) is 12.2. The molecule has 1 heterocycles. The molecule has 0 unspecified atom stereocenters. The predicted octanol–water partition coefficient (Wildman–Crippen LogP) is 3.70. The monoisotopic (exact) mass is 195 g/mol. The van der Waals surface area contributed by atoms with Gasteiger partial charge in [0, 0.05) is 13.1 Å². The number of hydrogen-bond acceptors (Lipinski definition) is 1. The Kier molecular flexibility index (Phi) is 13.6. The van der Waals surface area contributed by atoms with Crippen LogP contribution in [-0.4, -0.2) is 13.1 Å². The Balaban J connectivity index is 0. The molecule has 0 radical (unpaired) electrons. The first kappa shape index (κ1) is 15.6. The van der Waals surface area contributed by atoms with E-state index in [1.54, 1.807) is 0 Å². The molecule has 0 aromatic rings. The van der Waals surface area contributed by atoms with E-state index in [1.807, 2.05) is 33.8 Å². The zero-order valence-corrected chi connectivity index (χ0v) is 10.4. The van der Waals surface area contributed by atoms with Crippen molar-refractivity contribution < 1.29 is 0 Å². The lowest BCUT2D eigenvalue weighted by molar-refractivity contribution is 0.894. The van der Waals surface area contributed by atoms with Gasteiger partial charge in [0.15, 0.2) is 0 Å². The standard InChI is InChI=1S/C9H13N.2C2H6/c1-3-5-9-7-10-6-8(9)4-2;2*1-2/h3-5,10H,1,6-7H2,2H3;2*1-2H3/b8-4-,9-5-;;. The van der Waals surface area contributed by atoms with E-state index in [1.165, 1.54) is 11.1 Å². The predicted molar refractivity (Wildman–Crippen MR) is 67.6 cm³/mol. The van der Waals surface area contributed by atoms with E-state index >= 15 is 0 Å². The molecular formula is C13H25N. The van der Waals surface area contributed by atoms with E-state index in [2.05, 4.69) is 31.0 Å². The van der Waals surface area contributed by atoms with Gasteiger partial charge in [0.1, 0.15) is 0 Å². The van der Waals surface area contributed by atoms with Gasteiger partial charge in [0.05, 0.1) is 0 Å². The van der Waals surface area contributed by atoms with Crippen molar-refractivity contribution in [1.29, 1.82) is 0 Å². The maximum atomic E-state index is 3.66. The maximum absolute atomic E-state index is 3.66. The molecular weight excluding hydrogens is 170 g/mol. The highest BCUT2D eigenvalue weighted by Crippen LogP contribution is 2.13. The van der Waals surface area contributed by atoms with Crippen molar-refractivity contribution in [2.45, 2.75) is 34.6 Å². The van der Waals surface area contributed by atoms with Crippen LogP contribution in [0.3, 0.4) is 0 Å². The van der Waals surface area contributed by atoms with Crippen molar-refractivity contribution >= 4 is 0 Å². The van der Waals surface area contributed by atoms with E-state index < -0.39 is 0 Å². The van der Waals surface area contributed by atoms with Gasteiger partial charge >= 0.3 is 0 Å². The van der Waals surface area contributed by atoms with Crippen molar-refractivity contribution in [2.24, 2.45) is 0 Å². The van der Waals surface area contributed by atoms with Crippen molar-refractivity contribution in [2.75, 3.05) is 13.1 Å². The molecule has 1 rings (SSSR count). The molecule has 0 saturated carbocycles. The number of nitrogens with one attached hydrogen (secondary N) is 1. The summed E-state index contributed by atoms with van der Waals surface area (Å²) in [6.45, 7) is 15.7. The molecule has 0 bridgehead atoms. The van der Waals surface area contributed by atoms with Crippen molar-refractivity contribution in [3.63, 3.8) is 0 Å². The smallest absolute Gasteiger partial charge is 0.0211 e. The van der Waals surface area contributed by atoms with Crippen LogP contribution in [-0.2, 0) is 0 Å². The Labute approximate surface area is 89.6 Å². The molecule has 0 aromatic heterocycles. The molecule has 0 aromatic carbocycles. The van der Waals surface area contributed by atoms with Crippen LogP contribution in [0.4, 0.5) is 0 Å². The van der Waals surface area contributed by atoms with Crippen LogP contribution in [0.25, 0.3) is 0 Å². The summed E-state index contributed by atoms with van der Waals surface area (Å²) in [7, 11) is 0. The van der Waals surface area contributed by atoms with E-state index in [4.69, 9.17) is 0 Å². The van der Waals surface area contributed by atoms with Gasteiger partial charge in [-0.15, -0.1) is 0 Å². The lowest BCUT2D eigenvalue weighted by Crippen LogP contribution is -2.04. The summed E-state index contributed by atoms with van der Waals surface area (Å²) in [5.74, 6) is 0. The van der Waals surface area contributed by atoms with Gasteiger partial charge in [-0.3, -0.25) is 0 Å². The first-order chi connectivity index (χ1) is 6.88. The third-order valence-electron chi connectivity index (χ3n) is 1.71. The highest BCUT2D eigenvalue weighted by atomic mass is 14.9. The molecule has 0 amide bonds. The first-order valence-electron chi connectivity index (χ1n) is 5.56. The molecule has 1 heteroatoms. The van der Waals surface area contributed by atoms with Crippen LogP contribution in [0.5, 0.6) is 0 Å². The van der Waals surface area contributed by atoms with Gasteiger partial charge in [0.2, 0.25) is 0 Å². The van der Waals surface area contributed by atoms with Gasteiger partial charge in [-0.2, -0.15) is 0 Å². The fraction of sp³-hybridized carbons (Fsp3) is 0.538. The minimum absolute atomic E-state index is 0.992. The third kappa shape index (κ3) is 5.76. The molecule has 1 N–H and O–H groups in total. The summed E-state index contributed by atoms with van der Waals surface area (Å²) in [5, 5.41) is 3.27. The van der Waals surface area contributed by atoms with E-state index in [0.29, 0.717) is 0 Å². The van der Waals surface area contributed by atoms with Crippen molar-refractivity contribution in [3.8, 4) is 0 Å². The Hall–Kier alpha value is -0.820. The SMILES string of the molecule is C=C/C=C1/CNC/C1=C/C.CC.CC. The quantitative estimate of drug-likeness (QED) is 0.672. The normalized spacial score (nSPS) is 19.5. The second-order valence-corrected chi connectivity index (χ2v) is 2.35. The number of rotatable bonds is 1. The van der Waals surface area contributed by atoms with Gasteiger partial charge in [-0.05, 0) is 18.1 Å². The van der Waals surface area contributed by atoms with Crippen LogP contribution >= 0.6 is 0 Å². The van der Waals surface area contributed by atoms with Gasteiger partial charge in [-0.25, -0.2) is 0 Å². The Morgan fingerprint density at radius 2 is 1.57 bits per heavy atom. The zero-order valence-electron chi connectivity index (χ0n) is 10.4. The molecule has 1 saturated heterocycles. The van der Waals surface area contributed by atoms with Crippen LogP contribution in [0.2, 0.25) is 0 Å². The first-order valence-corrected chi connectivity index (χ1v) is 5.56. The minimum atomic E-state index is 0.992. The summed E-state index contributed by atoms with van der Waals surface area (Å²) in [6.07, 6.45) is 6.05. The van der Waals surface area contributed by atoms with Crippen molar-refractivity contribution in [3.05, 3.63) is 36.0 Å². The van der Waals surface area contributed by atoms with Gasteiger partial charge < -0.3 is 5.32 Å². The Bertz CT molecular complexity index is 187.